The first-order chi connectivity index (χ1) is 11.3. The Morgan fingerprint density at radius 2 is 2.26 bits per heavy atom. The molecule has 3 aromatic heterocycles. The van der Waals surface area contributed by atoms with Crippen molar-refractivity contribution in [1.82, 2.24) is 25.3 Å². The normalized spacial score (nSPS) is 17.8. The van der Waals surface area contributed by atoms with Gasteiger partial charge in [0.15, 0.2) is 0 Å². The first-order valence-electron chi connectivity index (χ1n) is 8.09. The lowest BCUT2D eigenvalue weighted by Crippen LogP contribution is -2.21. The highest BCUT2D eigenvalue weighted by molar-refractivity contribution is 5.92. The van der Waals surface area contributed by atoms with E-state index in [0.29, 0.717) is 12.0 Å². The van der Waals surface area contributed by atoms with E-state index in [1.807, 2.05) is 24.4 Å². The molecule has 3 aromatic rings. The summed E-state index contributed by atoms with van der Waals surface area (Å²) in [5.41, 5.74) is 9.66. The van der Waals surface area contributed by atoms with E-state index in [9.17, 15) is 0 Å². The van der Waals surface area contributed by atoms with Crippen LogP contribution in [-0.4, -0.2) is 32.5 Å². The van der Waals surface area contributed by atoms with Crippen molar-refractivity contribution in [2.45, 2.75) is 31.7 Å². The highest BCUT2D eigenvalue weighted by Crippen LogP contribution is 2.27. The molecule has 1 atom stereocenters. The number of aromatic nitrogens is 4. The van der Waals surface area contributed by atoms with E-state index in [1.165, 1.54) is 12.8 Å². The van der Waals surface area contributed by atoms with Gasteiger partial charge in [-0.25, -0.2) is 15.0 Å². The number of rotatable bonds is 4. The smallest absolute Gasteiger partial charge is 0.220 e. The second-order valence-corrected chi connectivity index (χ2v) is 6.04. The van der Waals surface area contributed by atoms with Gasteiger partial charge in [-0.1, -0.05) is 0 Å². The Bertz CT molecular complexity index is 819. The molecule has 4 N–H and O–H groups in total. The number of hydrogen-bond donors (Lipinski definition) is 3. The van der Waals surface area contributed by atoms with Gasteiger partial charge in [0.1, 0.15) is 5.65 Å². The van der Waals surface area contributed by atoms with Gasteiger partial charge in [0, 0.05) is 35.1 Å². The Labute approximate surface area is 134 Å². The summed E-state index contributed by atoms with van der Waals surface area (Å²) in [5, 5.41) is 4.57. The minimum Gasteiger partial charge on any atom is -0.368 e. The highest BCUT2D eigenvalue weighted by atomic mass is 15.0. The Kier molecular flexibility index (Phi) is 3.67. The molecule has 1 aliphatic heterocycles. The van der Waals surface area contributed by atoms with Crippen LogP contribution in [0.4, 0.5) is 5.95 Å². The monoisotopic (exact) mass is 308 g/mol. The second kappa shape index (κ2) is 5.96. The van der Waals surface area contributed by atoms with Crippen LogP contribution < -0.4 is 11.1 Å². The van der Waals surface area contributed by atoms with Crippen molar-refractivity contribution in [2.24, 2.45) is 0 Å². The molecule has 23 heavy (non-hydrogen) atoms. The Morgan fingerprint density at radius 3 is 3.13 bits per heavy atom. The molecule has 1 saturated heterocycles. The van der Waals surface area contributed by atoms with Crippen LogP contribution in [0.2, 0.25) is 0 Å². The summed E-state index contributed by atoms with van der Waals surface area (Å²) in [6.07, 6.45) is 8.23. The molecule has 0 aromatic carbocycles. The molecule has 4 heterocycles. The lowest BCUT2D eigenvalue weighted by atomic mass is 10.1. The van der Waals surface area contributed by atoms with Crippen molar-refractivity contribution < 1.29 is 0 Å². The van der Waals surface area contributed by atoms with E-state index < -0.39 is 0 Å². The Hall–Kier alpha value is -2.47. The van der Waals surface area contributed by atoms with Crippen LogP contribution in [0.25, 0.3) is 22.3 Å². The molecular weight excluding hydrogens is 288 g/mol. The molecule has 4 rings (SSSR count). The average molecular weight is 308 g/mol. The lowest BCUT2D eigenvalue weighted by molar-refractivity contribution is 0.555. The number of aromatic amines is 1. The average Bonchev–Trinajstić information content (AvgIpc) is 3.22. The summed E-state index contributed by atoms with van der Waals surface area (Å²) in [4.78, 5) is 16.3. The topological polar surface area (TPSA) is 92.5 Å². The largest absolute Gasteiger partial charge is 0.368 e. The molecule has 1 unspecified atom stereocenters. The Balaban J connectivity index is 1.63. The van der Waals surface area contributed by atoms with Gasteiger partial charge in [0.25, 0.3) is 0 Å². The van der Waals surface area contributed by atoms with Gasteiger partial charge in [-0.15, -0.1) is 0 Å². The maximum Gasteiger partial charge on any atom is 0.220 e. The quantitative estimate of drug-likeness (QED) is 0.687. The van der Waals surface area contributed by atoms with Crippen LogP contribution in [-0.2, 0) is 6.42 Å². The molecular formula is C17H20N6. The van der Waals surface area contributed by atoms with Crippen molar-refractivity contribution >= 4 is 17.0 Å². The number of aryl methyl sites for hydroxylation is 1. The van der Waals surface area contributed by atoms with Crippen LogP contribution in [0.1, 0.15) is 25.0 Å². The van der Waals surface area contributed by atoms with Gasteiger partial charge < -0.3 is 16.0 Å². The second-order valence-electron chi connectivity index (χ2n) is 6.04. The van der Waals surface area contributed by atoms with Gasteiger partial charge in [-0.3, -0.25) is 0 Å². The fourth-order valence-corrected chi connectivity index (χ4v) is 3.28. The standard InChI is InChI=1S/C17H20N6/c18-17-22-12(6-5-11-3-1-7-19-11)9-15(23-17)14-10-21-16-13(14)4-2-8-20-16/h2,4,8-11,19H,1,3,5-7H2,(H,20,21)(H2,18,22,23). The summed E-state index contributed by atoms with van der Waals surface area (Å²) in [5.74, 6) is 0.329. The summed E-state index contributed by atoms with van der Waals surface area (Å²) in [7, 11) is 0. The minimum atomic E-state index is 0.329. The van der Waals surface area contributed by atoms with Crippen molar-refractivity contribution in [3.05, 3.63) is 36.3 Å². The molecule has 0 aliphatic carbocycles. The van der Waals surface area contributed by atoms with Crippen LogP contribution in [0.3, 0.4) is 0 Å². The maximum atomic E-state index is 5.93. The molecule has 1 fully saturated rings. The number of nitrogen functional groups attached to an aromatic ring is 1. The van der Waals surface area contributed by atoms with Crippen molar-refractivity contribution in [1.29, 1.82) is 0 Å². The fourth-order valence-electron chi connectivity index (χ4n) is 3.28. The van der Waals surface area contributed by atoms with Crippen LogP contribution in [0, 0.1) is 0 Å². The third-order valence-electron chi connectivity index (χ3n) is 4.43. The SMILES string of the molecule is Nc1nc(CCC2CCCN2)cc(-c2c[nH]c3ncccc23)n1. The molecule has 0 amide bonds. The van der Waals surface area contributed by atoms with E-state index in [2.05, 4.69) is 25.3 Å². The van der Waals surface area contributed by atoms with Crippen LogP contribution in [0.15, 0.2) is 30.6 Å². The van der Waals surface area contributed by atoms with Gasteiger partial charge >= 0.3 is 0 Å². The lowest BCUT2D eigenvalue weighted by Gasteiger charge is -2.10. The fraction of sp³-hybridized carbons (Fsp3) is 0.353. The number of fused-ring (bicyclic) bond motifs is 1. The first kappa shape index (κ1) is 14.1. The van der Waals surface area contributed by atoms with Gasteiger partial charge in [-0.2, -0.15) is 0 Å². The third-order valence-corrected chi connectivity index (χ3v) is 4.43. The van der Waals surface area contributed by atoms with Crippen LogP contribution in [0.5, 0.6) is 0 Å². The molecule has 1 aliphatic rings. The predicted molar refractivity (Wildman–Crippen MR) is 90.9 cm³/mol. The van der Waals surface area contributed by atoms with E-state index >= 15 is 0 Å². The Morgan fingerprint density at radius 1 is 1.30 bits per heavy atom. The third kappa shape index (κ3) is 2.90. The van der Waals surface area contributed by atoms with E-state index in [4.69, 9.17) is 5.73 Å². The molecule has 0 saturated carbocycles. The van der Waals surface area contributed by atoms with Crippen LogP contribution >= 0.6 is 0 Å². The maximum absolute atomic E-state index is 5.93. The number of nitrogens with one attached hydrogen (secondary N) is 2. The van der Waals surface area contributed by atoms with E-state index in [1.54, 1.807) is 6.20 Å². The molecule has 0 bridgehead atoms. The number of nitrogens with two attached hydrogens (primary N) is 1. The van der Waals surface area contributed by atoms with Crippen molar-refractivity contribution in [3.63, 3.8) is 0 Å². The van der Waals surface area contributed by atoms with E-state index in [0.717, 1.165) is 47.4 Å². The summed E-state index contributed by atoms with van der Waals surface area (Å²) in [6.45, 7) is 1.13. The van der Waals surface area contributed by atoms with E-state index in [-0.39, 0.29) is 0 Å². The summed E-state index contributed by atoms with van der Waals surface area (Å²) in [6, 6.07) is 6.61. The molecule has 118 valence electrons. The summed E-state index contributed by atoms with van der Waals surface area (Å²) >= 11 is 0. The van der Waals surface area contributed by atoms with Gasteiger partial charge in [-0.05, 0) is 50.4 Å². The summed E-state index contributed by atoms with van der Waals surface area (Å²) < 4.78 is 0. The number of pyridine rings is 1. The minimum absolute atomic E-state index is 0.329. The first-order valence-corrected chi connectivity index (χ1v) is 8.09. The highest BCUT2D eigenvalue weighted by Gasteiger charge is 2.15. The molecule has 6 nitrogen and oxygen atoms in total. The molecule has 0 radical (unpaired) electrons. The van der Waals surface area contributed by atoms with Gasteiger partial charge in [0.2, 0.25) is 5.95 Å². The predicted octanol–water partition coefficient (Wildman–Crippen LogP) is 2.29. The molecule has 0 spiro atoms. The number of hydrogen-bond acceptors (Lipinski definition) is 5. The zero-order chi connectivity index (χ0) is 15.6. The zero-order valence-corrected chi connectivity index (χ0v) is 12.9. The number of nitrogens with zero attached hydrogens (tertiary/aromatic N) is 3. The number of H-pyrrole nitrogens is 1. The van der Waals surface area contributed by atoms with Crippen molar-refractivity contribution in [3.8, 4) is 11.3 Å². The van der Waals surface area contributed by atoms with Gasteiger partial charge in [0.05, 0.1) is 5.69 Å². The number of anilines is 1. The van der Waals surface area contributed by atoms with Crippen molar-refractivity contribution in [2.75, 3.05) is 12.3 Å². The zero-order valence-electron chi connectivity index (χ0n) is 12.9. The molecule has 6 heteroatoms.